The number of hydrogen-bond donors (Lipinski definition) is 2. The number of nitriles is 1. The maximum atomic E-state index is 12.9. The lowest BCUT2D eigenvalue weighted by atomic mass is 10.1. The van der Waals surface area contributed by atoms with Crippen molar-refractivity contribution in [1.82, 2.24) is 5.32 Å². The molecule has 0 saturated heterocycles. The van der Waals surface area contributed by atoms with Crippen LogP contribution in [-0.4, -0.2) is 12.5 Å². The number of halogens is 3. The molecule has 0 aliphatic heterocycles. The average Bonchev–Trinajstić information content (AvgIpc) is 2.62. The molecule has 0 aromatic heterocycles. The quantitative estimate of drug-likeness (QED) is 0.467. The lowest BCUT2D eigenvalue weighted by Gasteiger charge is -2.13. The van der Waals surface area contributed by atoms with Gasteiger partial charge in [0.15, 0.2) is 0 Å². The summed E-state index contributed by atoms with van der Waals surface area (Å²) in [5, 5.41) is 14.0. The molecule has 2 N–H and O–H groups in total. The topological polar surface area (TPSA) is 64.9 Å². The third-order valence-corrected chi connectivity index (χ3v) is 3.49. The number of carbonyl (C=O) groups excluding carboxylic acids is 1. The minimum atomic E-state index is -4.60. The maximum absolute atomic E-state index is 12.9. The van der Waals surface area contributed by atoms with Crippen molar-refractivity contribution in [2.45, 2.75) is 12.6 Å². The molecule has 2 aromatic rings. The van der Waals surface area contributed by atoms with E-state index in [1.807, 2.05) is 30.3 Å². The van der Waals surface area contributed by atoms with E-state index in [1.54, 1.807) is 6.07 Å². The van der Waals surface area contributed by atoms with Crippen LogP contribution in [0.5, 0.6) is 0 Å². The Bertz CT molecular complexity index is 824. The lowest BCUT2D eigenvalue weighted by molar-refractivity contribution is -0.137. The second-order valence-corrected chi connectivity index (χ2v) is 5.36. The van der Waals surface area contributed by atoms with Gasteiger partial charge in [-0.25, -0.2) is 0 Å². The van der Waals surface area contributed by atoms with Gasteiger partial charge in [-0.05, 0) is 24.1 Å². The zero-order valence-corrected chi connectivity index (χ0v) is 13.7. The SMILES string of the molecule is N#C/C(=C/NCCc1ccccc1)C(=O)Nc1ccccc1C(F)(F)F. The molecule has 0 saturated carbocycles. The third-order valence-electron chi connectivity index (χ3n) is 3.49. The number of amides is 1. The molecule has 0 heterocycles. The Morgan fingerprint density at radius 2 is 1.73 bits per heavy atom. The van der Waals surface area contributed by atoms with Crippen molar-refractivity contribution in [2.75, 3.05) is 11.9 Å². The van der Waals surface area contributed by atoms with E-state index in [1.165, 1.54) is 18.3 Å². The molecule has 134 valence electrons. The molecule has 0 radical (unpaired) electrons. The predicted molar refractivity (Wildman–Crippen MR) is 91.9 cm³/mol. The van der Waals surface area contributed by atoms with E-state index in [0.29, 0.717) is 13.0 Å². The molecule has 26 heavy (non-hydrogen) atoms. The van der Waals surface area contributed by atoms with Crippen LogP contribution in [0.1, 0.15) is 11.1 Å². The minimum Gasteiger partial charge on any atom is -0.389 e. The molecule has 0 bridgehead atoms. The fourth-order valence-corrected chi connectivity index (χ4v) is 2.21. The van der Waals surface area contributed by atoms with Gasteiger partial charge in [-0.1, -0.05) is 42.5 Å². The van der Waals surface area contributed by atoms with E-state index >= 15 is 0 Å². The van der Waals surface area contributed by atoms with Gasteiger partial charge in [0.05, 0.1) is 11.3 Å². The Kier molecular flexibility index (Phi) is 6.39. The van der Waals surface area contributed by atoms with E-state index in [-0.39, 0.29) is 5.57 Å². The molecular formula is C19H16F3N3O. The summed E-state index contributed by atoms with van der Waals surface area (Å²) in [4.78, 5) is 12.1. The molecule has 0 aliphatic rings. The summed E-state index contributed by atoms with van der Waals surface area (Å²) in [6.07, 6.45) is -2.72. The van der Waals surface area contributed by atoms with Gasteiger partial charge in [0.2, 0.25) is 0 Å². The zero-order chi connectivity index (χ0) is 19.0. The Morgan fingerprint density at radius 3 is 2.38 bits per heavy atom. The highest BCUT2D eigenvalue weighted by Crippen LogP contribution is 2.34. The molecule has 1 amide bonds. The van der Waals surface area contributed by atoms with Crippen molar-refractivity contribution in [2.24, 2.45) is 0 Å². The molecule has 2 rings (SSSR count). The average molecular weight is 359 g/mol. The van der Waals surface area contributed by atoms with Gasteiger partial charge >= 0.3 is 6.18 Å². The zero-order valence-electron chi connectivity index (χ0n) is 13.7. The highest BCUT2D eigenvalue weighted by atomic mass is 19.4. The molecule has 0 spiro atoms. The maximum Gasteiger partial charge on any atom is 0.418 e. The fraction of sp³-hybridized carbons (Fsp3) is 0.158. The van der Waals surface area contributed by atoms with Gasteiger partial charge in [0.1, 0.15) is 11.6 Å². The van der Waals surface area contributed by atoms with Crippen LogP contribution in [0, 0.1) is 11.3 Å². The number of para-hydroxylation sites is 1. The Balaban J connectivity index is 2.00. The molecule has 7 heteroatoms. The van der Waals surface area contributed by atoms with Crippen molar-refractivity contribution in [3.8, 4) is 6.07 Å². The van der Waals surface area contributed by atoms with E-state index in [9.17, 15) is 18.0 Å². The predicted octanol–water partition coefficient (Wildman–Crippen LogP) is 3.88. The first-order valence-electron chi connectivity index (χ1n) is 7.77. The number of anilines is 1. The van der Waals surface area contributed by atoms with Crippen LogP contribution in [0.2, 0.25) is 0 Å². The number of carbonyl (C=O) groups is 1. The Labute approximate surface area is 149 Å². The summed E-state index contributed by atoms with van der Waals surface area (Å²) < 4.78 is 38.8. The highest BCUT2D eigenvalue weighted by molar-refractivity contribution is 6.06. The van der Waals surface area contributed by atoms with Crippen molar-refractivity contribution in [3.05, 3.63) is 77.5 Å². The number of nitrogens with zero attached hydrogens (tertiary/aromatic N) is 1. The second kappa shape index (κ2) is 8.72. The van der Waals surface area contributed by atoms with Gasteiger partial charge in [0.25, 0.3) is 5.91 Å². The standard InChI is InChI=1S/C19H16F3N3O/c20-19(21,22)16-8-4-5-9-17(16)25-18(26)15(12-23)13-24-11-10-14-6-2-1-3-7-14/h1-9,13,24H,10-11H2,(H,25,26)/b15-13-. The van der Waals surface area contributed by atoms with E-state index in [2.05, 4.69) is 10.6 Å². The van der Waals surface area contributed by atoms with Crippen LogP contribution in [0.15, 0.2) is 66.4 Å². The normalized spacial score (nSPS) is 11.5. The third kappa shape index (κ3) is 5.38. The Morgan fingerprint density at radius 1 is 1.08 bits per heavy atom. The first kappa shape index (κ1) is 19.1. The number of benzene rings is 2. The molecule has 0 atom stereocenters. The second-order valence-electron chi connectivity index (χ2n) is 5.36. The summed E-state index contributed by atoms with van der Waals surface area (Å²) in [5.74, 6) is -0.906. The van der Waals surface area contributed by atoms with Crippen LogP contribution < -0.4 is 10.6 Å². The van der Waals surface area contributed by atoms with Crippen molar-refractivity contribution < 1.29 is 18.0 Å². The molecule has 4 nitrogen and oxygen atoms in total. The summed E-state index contributed by atoms with van der Waals surface area (Å²) in [6.45, 7) is 0.474. The largest absolute Gasteiger partial charge is 0.418 e. The van der Waals surface area contributed by atoms with E-state index < -0.39 is 23.3 Å². The molecule has 2 aromatic carbocycles. The van der Waals surface area contributed by atoms with Gasteiger partial charge in [-0.15, -0.1) is 0 Å². The van der Waals surface area contributed by atoms with Crippen LogP contribution in [0.25, 0.3) is 0 Å². The first-order valence-corrected chi connectivity index (χ1v) is 7.77. The van der Waals surface area contributed by atoms with Crippen LogP contribution in [0.4, 0.5) is 18.9 Å². The number of hydrogen-bond acceptors (Lipinski definition) is 3. The van der Waals surface area contributed by atoms with Gasteiger partial charge in [-0.3, -0.25) is 4.79 Å². The summed E-state index contributed by atoms with van der Waals surface area (Å²) in [6, 6.07) is 15.9. The highest BCUT2D eigenvalue weighted by Gasteiger charge is 2.33. The fourth-order valence-electron chi connectivity index (χ4n) is 2.21. The van der Waals surface area contributed by atoms with Crippen molar-refractivity contribution in [1.29, 1.82) is 5.26 Å². The monoisotopic (exact) mass is 359 g/mol. The molecular weight excluding hydrogens is 343 g/mol. The smallest absolute Gasteiger partial charge is 0.389 e. The van der Waals surface area contributed by atoms with Gasteiger partial charge in [-0.2, -0.15) is 18.4 Å². The number of rotatable bonds is 6. The van der Waals surface area contributed by atoms with Crippen LogP contribution in [0.3, 0.4) is 0 Å². The first-order chi connectivity index (χ1) is 12.4. The summed E-state index contributed by atoms with van der Waals surface area (Å²) in [7, 11) is 0. The van der Waals surface area contributed by atoms with Gasteiger partial charge in [0, 0.05) is 12.7 Å². The summed E-state index contributed by atoms with van der Waals surface area (Å²) >= 11 is 0. The molecule has 0 unspecified atom stereocenters. The van der Waals surface area contributed by atoms with Gasteiger partial charge < -0.3 is 10.6 Å². The van der Waals surface area contributed by atoms with Crippen LogP contribution >= 0.6 is 0 Å². The lowest BCUT2D eigenvalue weighted by Crippen LogP contribution is -2.20. The van der Waals surface area contributed by atoms with E-state index in [4.69, 9.17) is 5.26 Å². The van der Waals surface area contributed by atoms with Crippen molar-refractivity contribution in [3.63, 3.8) is 0 Å². The molecule has 0 fully saturated rings. The number of nitrogens with one attached hydrogen (secondary N) is 2. The minimum absolute atomic E-state index is 0.310. The van der Waals surface area contributed by atoms with E-state index in [0.717, 1.165) is 17.7 Å². The Hall–Kier alpha value is -3.27. The van der Waals surface area contributed by atoms with Crippen LogP contribution in [-0.2, 0) is 17.4 Å². The van der Waals surface area contributed by atoms with Crippen molar-refractivity contribution >= 4 is 11.6 Å². The summed E-state index contributed by atoms with van der Waals surface area (Å²) in [5.41, 5.74) is -0.594. The number of alkyl halides is 3. The molecule has 0 aliphatic carbocycles.